The molecule has 0 radical (unpaired) electrons. The van der Waals surface area contributed by atoms with E-state index in [9.17, 15) is 4.79 Å². The van der Waals surface area contributed by atoms with E-state index < -0.39 is 5.60 Å². The van der Waals surface area contributed by atoms with E-state index in [1.54, 1.807) is 4.90 Å². The van der Waals surface area contributed by atoms with Crippen molar-refractivity contribution in [2.75, 3.05) is 12.4 Å². The molecular formula is C12H13BrClNO2. The Morgan fingerprint density at radius 2 is 2.24 bits per heavy atom. The van der Waals surface area contributed by atoms with Crippen molar-refractivity contribution in [2.45, 2.75) is 19.1 Å². The quantitative estimate of drug-likeness (QED) is 0.799. The van der Waals surface area contributed by atoms with Crippen molar-refractivity contribution in [2.24, 2.45) is 0 Å². The molecule has 0 N–H and O–H groups in total. The maximum absolute atomic E-state index is 11.7. The summed E-state index contributed by atoms with van der Waals surface area (Å²) >= 11 is 9.26. The Balaban J connectivity index is 2.11. The highest BCUT2D eigenvalue weighted by molar-refractivity contribution is 9.10. The lowest BCUT2D eigenvalue weighted by molar-refractivity contribution is 0.0881. The van der Waals surface area contributed by atoms with Crippen LogP contribution in [0.3, 0.4) is 0 Å². The lowest BCUT2D eigenvalue weighted by Crippen LogP contribution is -2.32. The molecule has 1 aliphatic heterocycles. The number of alkyl halides is 1. The Morgan fingerprint density at radius 1 is 1.53 bits per heavy atom. The molecule has 3 nitrogen and oxygen atoms in total. The monoisotopic (exact) mass is 317 g/mol. The summed E-state index contributed by atoms with van der Waals surface area (Å²) in [5, 5.41) is 0. The first-order valence-corrected chi connectivity index (χ1v) is 6.64. The first-order chi connectivity index (χ1) is 8.04. The molecule has 0 aromatic heterocycles. The molecule has 0 bridgehead atoms. The lowest BCUT2D eigenvalue weighted by atomic mass is 10.1. The van der Waals surface area contributed by atoms with Crippen LogP contribution in [-0.4, -0.2) is 29.0 Å². The SMILES string of the molecule is CC1(CCl)CN(Cc2ccccc2Br)C(=O)O1. The molecule has 1 aromatic rings. The van der Waals surface area contributed by atoms with Gasteiger partial charge >= 0.3 is 6.09 Å². The Bertz CT molecular complexity index is 440. The second-order valence-electron chi connectivity index (χ2n) is 4.40. The number of rotatable bonds is 3. The van der Waals surface area contributed by atoms with Crippen molar-refractivity contribution in [1.29, 1.82) is 0 Å². The van der Waals surface area contributed by atoms with Gasteiger partial charge in [0.05, 0.1) is 19.0 Å². The fourth-order valence-corrected chi connectivity index (χ4v) is 2.35. The predicted molar refractivity (Wildman–Crippen MR) is 70.2 cm³/mol. The third kappa shape index (κ3) is 2.75. The molecule has 1 aliphatic rings. The van der Waals surface area contributed by atoms with Crippen molar-refractivity contribution >= 4 is 33.6 Å². The first-order valence-electron chi connectivity index (χ1n) is 5.31. The number of amides is 1. The maximum atomic E-state index is 11.7. The number of cyclic esters (lactones) is 1. The van der Waals surface area contributed by atoms with E-state index in [4.69, 9.17) is 16.3 Å². The number of hydrogen-bond acceptors (Lipinski definition) is 2. The summed E-state index contributed by atoms with van der Waals surface area (Å²) in [6.07, 6.45) is -0.302. The van der Waals surface area contributed by atoms with E-state index >= 15 is 0 Å². The average molecular weight is 319 g/mol. The fraction of sp³-hybridized carbons (Fsp3) is 0.417. The lowest BCUT2D eigenvalue weighted by Gasteiger charge is -2.18. The zero-order valence-electron chi connectivity index (χ0n) is 9.45. The van der Waals surface area contributed by atoms with Gasteiger partial charge in [-0.3, -0.25) is 4.90 Å². The molecule has 0 aliphatic carbocycles. The highest BCUT2D eigenvalue weighted by atomic mass is 79.9. The van der Waals surface area contributed by atoms with Crippen LogP contribution in [0.2, 0.25) is 0 Å². The Kier molecular flexibility index (Phi) is 3.64. The average Bonchev–Trinajstić information content (AvgIpc) is 2.58. The van der Waals surface area contributed by atoms with Crippen molar-refractivity contribution < 1.29 is 9.53 Å². The minimum absolute atomic E-state index is 0.302. The van der Waals surface area contributed by atoms with Crippen molar-refractivity contribution in [1.82, 2.24) is 4.90 Å². The Hall–Kier alpha value is -0.740. The van der Waals surface area contributed by atoms with Gasteiger partial charge in [0.15, 0.2) is 0 Å². The second-order valence-corrected chi connectivity index (χ2v) is 5.52. The third-order valence-corrected chi connectivity index (χ3v) is 4.06. The van der Waals surface area contributed by atoms with Gasteiger partial charge in [0, 0.05) is 4.47 Å². The molecule has 1 fully saturated rings. The number of carbonyl (C=O) groups is 1. The van der Waals surface area contributed by atoms with Gasteiger partial charge in [0.2, 0.25) is 0 Å². The highest BCUT2D eigenvalue weighted by Gasteiger charge is 2.40. The highest BCUT2D eigenvalue weighted by Crippen LogP contribution is 2.27. The summed E-state index contributed by atoms with van der Waals surface area (Å²) < 4.78 is 6.26. The van der Waals surface area contributed by atoms with Crippen molar-refractivity contribution in [3.05, 3.63) is 34.3 Å². The minimum atomic E-state index is -0.570. The van der Waals surface area contributed by atoms with Crippen LogP contribution in [0.15, 0.2) is 28.7 Å². The molecule has 5 heteroatoms. The number of ether oxygens (including phenoxy) is 1. The Labute approximate surface area is 114 Å². The van der Waals surface area contributed by atoms with E-state index in [0.717, 1.165) is 10.0 Å². The van der Waals surface area contributed by atoms with Crippen LogP contribution in [-0.2, 0) is 11.3 Å². The third-order valence-electron chi connectivity index (χ3n) is 2.72. The van der Waals surface area contributed by atoms with Crippen LogP contribution in [0.5, 0.6) is 0 Å². The minimum Gasteiger partial charge on any atom is -0.440 e. The fourth-order valence-electron chi connectivity index (χ4n) is 1.80. The molecule has 0 spiro atoms. The summed E-state index contributed by atoms with van der Waals surface area (Å²) in [4.78, 5) is 13.4. The normalized spacial score (nSPS) is 23.9. The van der Waals surface area contributed by atoms with E-state index in [1.165, 1.54) is 0 Å². The Morgan fingerprint density at radius 3 is 2.82 bits per heavy atom. The number of benzene rings is 1. The predicted octanol–water partition coefficient (Wildman–Crippen LogP) is 3.40. The molecule has 1 saturated heterocycles. The van der Waals surface area contributed by atoms with Gasteiger partial charge in [-0.1, -0.05) is 34.1 Å². The summed E-state index contributed by atoms with van der Waals surface area (Å²) in [5.41, 5.74) is 0.489. The summed E-state index contributed by atoms with van der Waals surface area (Å²) in [7, 11) is 0. The molecule has 0 saturated carbocycles. The maximum Gasteiger partial charge on any atom is 0.410 e. The largest absolute Gasteiger partial charge is 0.440 e. The molecule has 17 heavy (non-hydrogen) atoms. The van der Waals surface area contributed by atoms with Crippen LogP contribution in [0.4, 0.5) is 4.79 Å². The number of nitrogens with zero attached hydrogens (tertiary/aromatic N) is 1. The van der Waals surface area contributed by atoms with Crippen LogP contribution in [0.1, 0.15) is 12.5 Å². The number of halogens is 2. The van der Waals surface area contributed by atoms with E-state index in [-0.39, 0.29) is 6.09 Å². The number of carbonyl (C=O) groups excluding carboxylic acids is 1. The summed E-state index contributed by atoms with van der Waals surface area (Å²) in [6, 6.07) is 7.83. The van der Waals surface area contributed by atoms with Gasteiger partial charge in [-0.15, -0.1) is 11.6 Å². The van der Waals surface area contributed by atoms with E-state index in [0.29, 0.717) is 19.0 Å². The van der Waals surface area contributed by atoms with Gasteiger partial charge in [0.25, 0.3) is 0 Å². The molecule has 2 rings (SSSR count). The van der Waals surface area contributed by atoms with Gasteiger partial charge in [-0.25, -0.2) is 4.79 Å². The molecule has 1 amide bonds. The van der Waals surface area contributed by atoms with Crippen LogP contribution in [0, 0.1) is 0 Å². The van der Waals surface area contributed by atoms with Crippen molar-refractivity contribution in [3.63, 3.8) is 0 Å². The van der Waals surface area contributed by atoms with Gasteiger partial charge in [0.1, 0.15) is 5.60 Å². The van der Waals surface area contributed by atoms with Crippen LogP contribution in [0.25, 0.3) is 0 Å². The zero-order valence-corrected chi connectivity index (χ0v) is 11.8. The van der Waals surface area contributed by atoms with Crippen molar-refractivity contribution in [3.8, 4) is 0 Å². The summed E-state index contributed by atoms with van der Waals surface area (Å²) in [5.74, 6) is 0.311. The molecule has 1 unspecified atom stereocenters. The van der Waals surface area contributed by atoms with Gasteiger partial charge in [-0.05, 0) is 18.6 Å². The standard InChI is InChI=1S/C12H13BrClNO2/c1-12(7-14)8-15(11(16)17-12)6-9-4-2-3-5-10(9)13/h2-5H,6-8H2,1H3. The molecule has 1 heterocycles. The van der Waals surface area contributed by atoms with Crippen LogP contribution < -0.4 is 0 Å². The van der Waals surface area contributed by atoms with E-state index in [2.05, 4.69) is 15.9 Å². The zero-order chi connectivity index (χ0) is 12.5. The van der Waals surface area contributed by atoms with Crippen LogP contribution >= 0.6 is 27.5 Å². The molecular weight excluding hydrogens is 305 g/mol. The molecule has 92 valence electrons. The summed E-state index contributed by atoms with van der Waals surface area (Å²) in [6.45, 7) is 2.90. The first kappa shape index (κ1) is 12.7. The molecule has 1 aromatic carbocycles. The van der Waals surface area contributed by atoms with Gasteiger partial charge in [-0.2, -0.15) is 0 Å². The number of hydrogen-bond donors (Lipinski definition) is 0. The van der Waals surface area contributed by atoms with Gasteiger partial charge < -0.3 is 4.74 Å². The second kappa shape index (κ2) is 4.86. The topological polar surface area (TPSA) is 29.5 Å². The molecule has 1 atom stereocenters. The van der Waals surface area contributed by atoms with E-state index in [1.807, 2.05) is 31.2 Å². The smallest absolute Gasteiger partial charge is 0.410 e.